The summed E-state index contributed by atoms with van der Waals surface area (Å²) in [6, 6.07) is 17.2. The number of aryl methyl sites for hydroxylation is 2. The van der Waals surface area contributed by atoms with Gasteiger partial charge in [-0.3, -0.25) is 0 Å². The van der Waals surface area contributed by atoms with Gasteiger partial charge in [0.05, 0.1) is 13.2 Å². The molecule has 0 unspecified atom stereocenters. The van der Waals surface area contributed by atoms with Crippen LogP contribution in [0, 0.1) is 20.8 Å². The number of ether oxygens (including phenoxy) is 2. The maximum atomic E-state index is 11.6. The number of hydrogen-bond acceptors (Lipinski definition) is 7. The van der Waals surface area contributed by atoms with E-state index in [2.05, 4.69) is 18.0 Å². The smallest absolute Gasteiger partial charge is 0.440 e. The second kappa shape index (κ2) is 11.3. The fourth-order valence-corrected chi connectivity index (χ4v) is 4.22. The van der Waals surface area contributed by atoms with Gasteiger partial charge in [-0.15, -0.1) is 4.74 Å². The van der Waals surface area contributed by atoms with Gasteiger partial charge < -0.3 is 24.2 Å². The number of rotatable bonds is 10. The minimum atomic E-state index is -0.915. The Morgan fingerprint density at radius 2 is 1.68 bits per heavy atom. The third-order valence-corrected chi connectivity index (χ3v) is 6.15. The average Bonchev–Trinajstić information content (AvgIpc) is 3.19. The van der Waals surface area contributed by atoms with Gasteiger partial charge in [0.15, 0.2) is 0 Å². The number of nitrogens with zero attached hydrogens (tertiary/aromatic N) is 1. The molecular weight excluding hydrogens is 476 g/mol. The first-order chi connectivity index (χ1) is 17.7. The zero-order valence-electron chi connectivity index (χ0n) is 21.0. The summed E-state index contributed by atoms with van der Waals surface area (Å²) >= 11 is 0. The summed E-state index contributed by atoms with van der Waals surface area (Å²) in [5, 5.41) is 18.6. The first-order valence-electron chi connectivity index (χ1n) is 11.9. The Labute approximate surface area is 213 Å². The van der Waals surface area contributed by atoms with Gasteiger partial charge in [0.2, 0.25) is 0 Å². The van der Waals surface area contributed by atoms with Crippen LogP contribution in [0.1, 0.15) is 27.8 Å². The molecule has 4 aromatic rings. The summed E-state index contributed by atoms with van der Waals surface area (Å²) in [6.07, 6.45) is -0.915. The van der Waals surface area contributed by atoms with E-state index in [4.69, 9.17) is 19.1 Å². The summed E-state index contributed by atoms with van der Waals surface area (Å²) in [6.45, 7) is 6.32. The quantitative estimate of drug-likeness (QED) is 0.302. The van der Waals surface area contributed by atoms with Crippen LogP contribution in [0.4, 0.5) is 0 Å². The van der Waals surface area contributed by atoms with Crippen molar-refractivity contribution in [1.29, 1.82) is 0 Å². The summed E-state index contributed by atoms with van der Waals surface area (Å²) in [5.41, 5.74) is 6.67. The molecular formula is C28H30N2O7. The number of nitrogens with one attached hydrogen (secondary N) is 1. The molecule has 0 bridgehead atoms. The van der Waals surface area contributed by atoms with Crippen LogP contribution in [-0.4, -0.2) is 39.3 Å². The Kier molecular flexibility index (Phi) is 7.95. The van der Waals surface area contributed by atoms with E-state index in [9.17, 15) is 14.7 Å². The molecule has 9 heteroatoms. The first-order valence-corrected chi connectivity index (χ1v) is 11.9. The molecule has 1 heterocycles. The molecule has 0 aliphatic rings. The highest BCUT2D eigenvalue weighted by molar-refractivity contribution is 5.75. The Hall–Kier alpha value is -4.08. The van der Waals surface area contributed by atoms with Gasteiger partial charge in [-0.2, -0.15) is 0 Å². The van der Waals surface area contributed by atoms with E-state index in [-0.39, 0.29) is 19.8 Å². The zero-order chi connectivity index (χ0) is 26.5. The van der Waals surface area contributed by atoms with Crippen molar-refractivity contribution in [2.24, 2.45) is 0 Å². The number of hydrogen-bond donors (Lipinski definition) is 3. The van der Waals surface area contributed by atoms with E-state index in [0.717, 1.165) is 43.7 Å². The number of aliphatic hydroxyl groups excluding tert-OH is 2. The Morgan fingerprint density at radius 1 is 0.973 bits per heavy atom. The van der Waals surface area contributed by atoms with Crippen molar-refractivity contribution in [2.75, 3.05) is 13.2 Å². The highest BCUT2D eigenvalue weighted by Crippen LogP contribution is 2.34. The van der Waals surface area contributed by atoms with Crippen molar-refractivity contribution >= 4 is 0 Å². The lowest BCUT2D eigenvalue weighted by molar-refractivity contribution is 0.0536. The van der Waals surface area contributed by atoms with Crippen molar-refractivity contribution in [3.05, 3.63) is 103 Å². The van der Waals surface area contributed by atoms with Crippen LogP contribution < -0.4 is 20.9 Å². The van der Waals surface area contributed by atoms with Gasteiger partial charge in [0.1, 0.15) is 30.8 Å². The molecule has 9 nitrogen and oxygen atoms in total. The van der Waals surface area contributed by atoms with E-state index >= 15 is 0 Å². The lowest BCUT2D eigenvalue weighted by Gasteiger charge is -2.18. The number of aliphatic hydroxyl groups is 2. The van der Waals surface area contributed by atoms with Crippen molar-refractivity contribution in [1.82, 2.24) is 9.72 Å². The molecule has 3 N–H and O–H groups in total. The van der Waals surface area contributed by atoms with E-state index in [1.807, 2.05) is 62.4 Å². The van der Waals surface area contributed by atoms with Crippen LogP contribution in [0.5, 0.6) is 11.5 Å². The molecule has 0 saturated carbocycles. The molecule has 0 radical (unpaired) electrons. The molecule has 0 aliphatic carbocycles. The van der Waals surface area contributed by atoms with Crippen LogP contribution >= 0.6 is 0 Å². The highest BCUT2D eigenvalue weighted by Gasteiger charge is 2.14. The summed E-state index contributed by atoms with van der Waals surface area (Å²) < 4.78 is 17.4. The fourth-order valence-electron chi connectivity index (χ4n) is 4.22. The van der Waals surface area contributed by atoms with E-state index in [0.29, 0.717) is 18.1 Å². The van der Waals surface area contributed by atoms with E-state index in [1.54, 1.807) is 0 Å². The van der Waals surface area contributed by atoms with Crippen molar-refractivity contribution in [2.45, 2.75) is 40.0 Å². The van der Waals surface area contributed by atoms with E-state index < -0.39 is 17.5 Å². The molecule has 0 saturated heterocycles. The Balaban J connectivity index is 1.47. The molecule has 0 amide bonds. The fraction of sp³-hybridized carbons (Fsp3) is 0.286. The molecule has 0 fully saturated rings. The maximum Gasteiger partial charge on any atom is 0.440 e. The molecule has 0 aliphatic heterocycles. The van der Waals surface area contributed by atoms with E-state index in [1.165, 1.54) is 0 Å². The van der Waals surface area contributed by atoms with Gasteiger partial charge >= 0.3 is 11.4 Å². The second-order valence-corrected chi connectivity index (χ2v) is 8.95. The second-order valence-electron chi connectivity index (χ2n) is 8.95. The average molecular weight is 507 g/mol. The van der Waals surface area contributed by atoms with Crippen LogP contribution in [0.15, 0.2) is 68.7 Å². The van der Waals surface area contributed by atoms with Crippen LogP contribution in [0.2, 0.25) is 0 Å². The standard InChI is InChI=1S/C28H30N2O7/c1-17-11-24(36-16-22(32)14-31)12-18(2)26(17)25-6-4-5-21(19(25)3)15-35-23-9-7-20(8-10-23)13-30-27(33)29-28(34)37-30/h4-12,22,31-32H,13-16H2,1-3H3,(H,29,33,34)/t22-/m0/s1. The first kappa shape index (κ1) is 26.0. The largest absolute Gasteiger partial charge is 0.491 e. The minimum Gasteiger partial charge on any atom is -0.491 e. The monoisotopic (exact) mass is 506 g/mol. The lowest BCUT2D eigenvalue weighted by atomic mass is 9.90. The summed E-state index contributed by atoms with van der Waals surface area (Å²) in [5.74, 6) is 0.542. The third-order valence-electron chi connectivity index (χ3n) is 6.15. The third kappa shape index (κ3) is 6.19. The van der Waals surface area contributed by atoms with Crippen molar-refractivity contribution in [3.63, 3.8) is 0 Å². The van der Waals surface area contributed by atoms with Gasteiger partial charge in [0.25, 0.3) is 0 Å². The van der Waals surface area contributed by atoms with Gasteiger partial charge in [0, 0.05) is 0 Å². The molecule has 1 atom stereocenters. The number of aromatic amines is 1. The number of benzene rings is 3. The predicted octanol–water partition coefficient (Wildman–Crippen LogP) is 3.08. The molecule has 194 valence electrons. The van der Waals surface area contributed by atoms with Gasteiger partial charge in [-0.25, -0.2) is 14.6 Å². The topological polar surface area (TPSA) is 127 Å². The lowest BCUT2D eigenvalue weighted by Crippen LogP contribution is -2.21. The van der Waals surface area contributed by atoms with Crippen LogP contribution in [0.25, 0.3) is 11.1 Å². The Bertz CT molecular complexity index is 1460. The van der Waals surface area contributed by atoms with Crippen LogP contribution in [0.3, 0.4) is 0 Å². The molecule has 1 aromatic heterocycles. The molecule has 3 aromatic carbocycles. The summed E-state index contributed by atoms with van der Waals surface area (Å²) in [4.78, 5) is 24.8. The summed E-state index contributed by atoms with van der Waals surface area (Å²) in [7, 11) is 0. The SMILES string of the molecule is Cc1cc(OC[C@@H](O)CO)cc(C)c1-c1cccc(COc2ccc(Cn3oc(=O)[nH]c3=O)cc2)c1C. The van der Waals surface area contributed by atoms with Gasteiger partial charge in [-0.05, 0) is 84.0 Å². The molecule has 37 heavy (non-hydrogen) atoms. The number of aromatic nitrogens is 2. The molecule has 4 rings (SSSR count). The number of H-pyrrole nitrogens is 1. The van der Waals surface area contributed by atoms with Crippen molar-refractivity contribution in [3.8, 4) is 22.6 Å². The molecule has 0 spiro atoms. The minimum absolute atomic E-state index is 0.0304. The predicted molar refractivity (Wildman–Crippen MR) is 138 cm³/mol. The van der Waals surface area contributed by atoms with Crippen LogP contribution in [-0.2, 0) is 13.2 Å². The zero-order valence-corrected chi connectivity index (χ0v) is 21.0. The van der Waals surface area contributed by atoms with Gasteiger partial charge in [-0.1, -0.05) is 30.3 Å². The maximum absolute atomic E-state index is 11.6. The Morgan fingerprint density at radius 3 is 2.30 bits per heavy atom. The normalized spacial score (nSPS) is 11.9. The van der Waals surface area contributed by atoms with Crippen molar-refractivity contribution < 1.29 is 24.2 Å². The highest BCUT2D eigenvalue weighted by atomic mass is 16.5.